The number of hydrogen-bond donors (Lipinski definition) is 1. The molecule has 0 bridgehead atoms. The number of amides is 3. The van der Waals surface area contributed by atoms with Crippen LogP contribution in [0.5, 0.6) is 0 Å². The quantitative estimate of drug-likeness (QED) is 0.838. The van der Waals surface area contributed by atoms with Crippen LogP contribution in [0.2, 0.25) is 0 Å². The number of esters is 1. The maximum absolute atomic E-state index is 12.9. The van der Waals surface area contributed by atoms with Gasteiger partial charge in [-0.1, -0.05) is 0 Å². The van der Waals surface area contributed by atoms with E-state index in [9.17, 15) is 18.8 Å². The van der Waals surface area contributed by atoms with Gasteiger partial charge in [-0.2, -0.15) is 0 Å². The molecule has 1 N–H and O–H groups in total. The van der Waals surface area contributed by atoms with E-state index >= 15 is 0 Å². The third kappa shape index (κ3) is 3.13. The molecule has 0 aromatic heterocycles. The highest BCUT2D eigenvalue weighted by Gasteiger charge is 2.27. The molecule has 0 unspecified atom stereocenters. The van der Waals surface area contributed by atoms with E-state index in [1.807, 2.05) is 0 Å². The van der Waals surface area contributed by atoms with Gasteiger partial charge in [-0.05, 0) is 34.1 Å². The highest BCUT2D eigenvalue weighted by molar-refractivity contribution is 9.10. The summed E-state index contributed by atoms with van der Waals surface area (Å²) in [6.45, 7) is 0.0769. The first-order valence-corrected chi connectivity index (χ1v) is 6.48. The number of nitrogens with one attached hydrogen (secondary N) is 1. The van der Waals surface area contributed by atoms with Crippen molar-refractivity contribution >= 4 is 33.8 Å². The predicted molar refractivity (Wildman–Crippen MR) is 69.5 cm³/mol. The second kappa shape index (κ2) is 6.00. The maximum atomic E-state index is 12.9. The van der Waals surface area contributed by atoms with Crippen molar-refractivity contribution in [1.29, 1.82) is 0 Å². The minimum Gasteiger partial charge on any atom is -0.452 e. The second-order valence-electron chi connectivity index (χ2n) is 3.98. The van der Waals surface area contributed by atoms with E-state index in [1.165, 1.54) is 6.07 Å². The molecule has 1 heterocycles. The summed E-state index contributed by atoms with van der Waals surface area (Å²) in [7, 11) is 0. The van der Waals surface area contributed by atoms with E-state index in [4.69, 9.17) is 4.74 Å². The molecule has 0 atom stereocenters. The minimum atomic E-state index is -0.773. The van der Waals surface area contributed by atoms with Crippen LogP contribution in [0.1, 0.15) is 10.4 Å². The molecule has 1 aromatic carbocycles. The van der Waals surface area contributed by atoms with Crippen LogP contribution < -0.4 is 5.32 Å². The lowest BCUT2D eigenvalue weighted by Gasteiger charge is -2.12. The molecular weight excluding hydrogens is 335 g/mol. The zero-order valence-corrected chi connectivity index (χ0v) is 11.8. The van der Waals surface area contributed by atoms with Gasteiger partial charge in [0.1, 0.15) is 5.82 Å². The molecule has 0 aliphatic carbocycles. The first kappa shape index (κ1) is 14.4. The van der Waals surface area contributed by atoms with Gasteiger partial charge in [-0.3, -0.25) is 9.69 Å². The third-order valence-corrected chi connectivity index (χ3v) is 3.29. The van der Waals surface area contributed by atoms with Gasteiger partial charge in [0.05, 0.1) is 5.56 Å². The van der Waals surface area contributed by atoms with Crippen LogP contribution >= 0.6 is 15.9 Å². The van der Waals surface area contributed by atoms with Crippen molar-refractivity contribution in [2.24, 2.45) is 0 Å². The van der Waals surface area contributed by atoms with Crippen LogP contribution in [0.3, 0.4) is 0 Å². The fourth-order valence-electron chi connectivity index (χ4n) is 1.65. The number of urea groups is 1. The van der Waals surface area contributed by atoms with Crippen molar-refractivity contribution in [2.45, 2.75) is 0 Å². The summed E-state index contributed by atoms with van der Waals surface area (Å²) >= 11 is 3.03. The van der Waals surface area contributed by atoms with E-state index in [-0.39, 0.29) is 16.6 Å². The van der Waals surface area contributed by atoms with E-state index < -0.39 is 30.3 Å². The maximum Gasteiger partial charge on any atom is 0.339 e. The molecule has 1 aliphatic heterocycles. The number of rotatable bonds is 3. The normalized spacial score (nSPS) is 14.1. The van der Waals surface area contributed by atoms with Gasteiger partial charge < -0.3 is 10.1 Å². The van der Waals surface area contributed by atoms with Crippen LogP contribution in [0.4, 0.5) is 9.18 Å². The molecule has 6 nitrogen and oxygen atoms in total. The van der Waals surface area contributed by atoms with E-state index in [0.29, 0.717) is 6.54 Å². The molecule has 1 fully saturated rings. The van der Waals surface area contributed by atoms with E-state index in [2.05, 4.69) is 21.2 Å². The number of halogens is 2. The number of imide groups is 1. The van der Waals surface area contributed by atoms with Crippen molar-refractivity contribution < 1.29 is 23.5 Å². The first-order valence-electron chi connectivity index (χ1n) is 5.69. The zero-order valence-electron chi connectivity index (χ0n) is 10.2. The molecule has 1 aromatic rings. The van der Waals surface area contributed by atoms with Crippen LogP contribution in [-0.2, 0) is 9.53 Å². The highest BCUT2D eigenvalue weighted by Crippen LogP contribution is 2.18. The molecule has 106 valence electrons. The summed E-state index contributed by atoms with van der Waals surface area (Å²) in [4.78, 5) is 35.6. The van der Waals surface area contributed by atoms with Crippen molar-refractivity contribution in [3.63, 3.8) is 0 Å². The fraction of sp³-hybridized carbons (Fsp3) is 0.250. The molecule has 2 rings (SSSR count). The van der Waals surface area contributed by atoms with Crippen LogP contribution in [-0.4, -0.2) is 42.5 Å². The average molecular weight is 345 g/mol. The van der Waals surface area contributed by atoms with Crippen molar-refractivity contribution in [1.82, 2.24) is 10.2 Å². The summed E-state index contributed by atoms with van der Waals surface area (Å²) in [6.07, 6.45) is 0. The lowest BCUT2D eigenvalue weighted by atomic mass is 10.2. The van der Waals surface area contributed by atoms with E-state index in [1.54, 1.807) is 0 Å². The Hall–Kier alpha value is -1.96. The Morgan fingerprint density at radius 2 is 2.20 bits per heavy atom. The Balaban J connectivity index is 1.95. The number of ether oxygens (including phenoxy) is 1. The van der Waals surface area contributed by atoms with Gasteiger partial charge in [-0.25, -0.2) is 14.0 Å². The Bertz CT molecular complexity index is 579. The van der Waals surface area contributed by atoms with Gasteiger partial charge in [0.15, 0.2) is 6.61 Å². The SMILES string of the molecule is O=C(OCC(=O)N1CCNC1=O)c1ccc(F)cc1Br. The topological polar surface area (TPSA) is 75.7 Å². The first-order chi connectivity index (χ1) is 9.49. The van der Waals surface area contributed by atoms with E-state index in [0.717, 1.165) is 17.0 Å². The molecule has 1 aliphatic rings. The van der Waals surface area contributed by atoms with Crippen LogP contribution in [0.15, 0.2) is 22.7 Å². The molecule has 0 spiro atoms. The van der Waals surface area contributed by atoms with Gasteiger partial charge >= 0.3 is 12.0 Å². The number of carbonyl (C=O) groups excluding carboxylic acids is 3. The standard InChI is InChI=1S/C12H10BrFN2O4/c13-9-5-7(14)1-2-8(9)11(18)20-6-10(17)16-4-3-15-12(16)19/h1-2,5H,3-4,6H2,(H,15,19). The van der Waals surface area contributed by atoms with Crippen molar-refractivity contribution in [2.75, 3.05) is 19.7 Å². The smallest absolute Gasteiger partial charge is 0.339 e. The average Bonchev–Trinajstić information content (AvgIpc) is 2.82. The summed E-state index contributed by atoms with van der Waals surface area (Å²) < 4.78 is 17.9. The largest absolute Gasteiger partial charge is 0.452 e. The van der Waals surface area contributed by atoms with Gasteiger partial charge in [0, 0.05) is 17.6 Å². The summed E-state index contributed by atoms with van der Waals surface area (Å²) in [6, 6.07) is 2.96. The zero-order chi connectivity index (χ0) is 14.7. The monoisotopic (exact) mass is 344 g/mol. The Morgan fingerprint density at radius 3 is 2.80 bits per heavy atom. The van der Waals surface area contributed by atoms with Gasteiger partial charge in [-0.15, -0.1) is 0 Å². The fourth-order valence-corrected chi connectivity index (χ4v) is 2.16. The molecular formula is C12H10BrFN2O4. The second-order valence-corrected chi connectivity index (χ2v) is 4.83. The number of carbonyl (C=O) groups is 3. The van der Waals surface area contributed by atoms with Crippen molar-refractivity contribution in [3.05, 3.63) is 34.1 Å². The lowest BCUT2D eigenvalue weighted by molar-refractivity contribution is -0.130. The van der Waals surface area contributed by atoms with Gasteiger partial charge in [0.25, 0.3) is 5.91 Å². The minimum absolute atomic E-state index is 0.102. The Morgan fingerprint density at radius 1 is 1.45 bits per heavy atom. The number of nitrogens with zero attached hydrogens (tertiary/aromatic N) is 1. The number of benzene rings is 1. The summed E-state index contributed by atoms with van der Waals surface area (Å²) in [5.41, 5.74) is 0.102. The lowest BCUT2D eigenvalue weighted by Crippen LogP contribution is -2.37. The Kier molecular flexibility index (Phi) is 4.33. The molecule has 8 heteroatoms. The highest BCUT2D eigenvalue weighted by atomic mass is 79.9. The molecule has 0 saturated carbocycles. The molecule has 1 saturated heterocycles. The van der Waals surface area contributed by atoms with Crippen LogP contribution in [0.25, 0.3) is 0 Å². The predicted octanol–water partition coefficient (Wildman–Crippen LogP) is 1.30. The van der Waals surface area contributed by atoms with Crippen LogP contribution in [0, 0.1) is 5.82 Å². The molecule has 20 heavy (non-hydrogen) atoms. The summed E-state index contributed by atoms with van der Waals surface area (Å²) in [5.74, 6) is -1.88. The number of hydrogen-bond acceptors (Lipinski definition) is 4. The van der Waals surface area contributed by atoms with Crippen molar-refractivity contribution in [3.8, 4) is 0 Å². The third-order valence-electron chi connectivity index (χ3n) is 2.64. The summed E-state index contributed by atoms with van der Waals surface area (Å²) in [5, 5.41) is 2.46. The molecule has 3 amide bonds. The Labute approximate surface area is 122 Å². The van der Waals surface area contributed by atoms with Gasteiger partial charge in [0.2, 0.25) is 0 Å². The molecule has 0 radical (unpaired) electrons.